The number of carboxylic acid groups (broad SMARTS) is 1. The highest BCUT2D eigenvalue weighted by Gasteiger charge is 2.23. The number of fused-ring (bicyclic) bond motifs is 1. The van der Waals surface area contributed by atoms with Crippen LogP contribution in [0.15, 0.2) is 85.1 Å². The lowest BCUT2D eigenvalue weighted by Gasteiger charge is -2.14. The Kier molecular flexibility index (Phi) is 7.82. The van der Waals surface area contributed by atoms with Gasteiger partial charge in [-0.15, -0.1) is 0 Å². The van der Waals surface area contributed by atoms with Gasteiger partial charge in [-0.3, -0.25) is 0 Å². The van der Waals surface area contributed by atoms with Crippen molar-refractivity contribution in [1.82, 2.24) is 10.3 Å². The number of carboxylic acids is 1. The topological polar surface area (TPSA) is 127 Å². The Hall–Kier alpha value is -4.79. The summed E-state index contributed by atoms with van der Waals surface area (Å²) in [6.07, 6.45) is -0.0648. The van der Waals surface area contributed by atoms with Gasteiger partial charge in [0.05, 0.1) is 0 Å². The molecule has 0 radical (unpaired) electrons. The number of carbonyl (C=O) groups is 3. The molecule has 0 aliphatic rings. The largest absolute Gasteiger partial charge is 0.514 e. The first kappa shape index (κ1) is 24.3. The monoisotopic (exact) mass is 488 g/mol. The van der Waals surface area contributed by atoms with Crippen LogP contribution in [0.1, 0.15) is 16.7 Å². The summed E-state index contributed by atoms with van der Waals surface area (Å²) in [4.78, 5) is 39.2. The molecule has 1 unspecified atom stereocenters. The predicted octanol–water partition coefficient (Wildman–Crippen LogP) is 4.81. The summed E-state index contributed by atoms with van der Waals surface area (Å²) in [5.41, 5.74) is 2.94. The number of aromatic amines is 1. The SMILES string of the molecule is O=C(NC(Cc1c[nH]c2ccc(OC(=O)OCc3ccccc3)cc12)C(=O)O)OCc1ccccc1. The second-order valence-corrected chi connectivity index (χ2v) is 7.95. The summed E-state index contributed by atoms with van der Waals surface area (Å²) in [7, 11) is 0. The molecule has 0 aliphatic heterocycles. The molecule has 4 aromatic rings. The third-order valence-electron chi connectivity index (χ3n) is 5.37. The van der Waals surface area contributed by atoms with Crippen molar-refractivity contribution in [3.63, 3.8) is 0 Å². The molecular weight excluding hydrogens is 464 g/mol. The lowest BCUT2D eigenvalue weighted by Crippen LogP contribution is -2.42. The number of aliphatic carboxylic acids is 1. The maximum Gasteiger partial charge on any atom is 0.514 e. The molecule has 4 rings (SSSR count). The molecule has 3 N–H and O–H groups in total. The van der Waals surface area contributed by atoms with Gasteiger partial charge < -0.3 is 29.6 Å². The molecule has 184 valence electrons. The molecule has 3 aromatic carbocycles. The smallest absolute Gasteiger partial charge is 0.480 e. The van der Waals surface area contributed by atoms with E-state index in [9.17, 15) is 19.5 Å². The van der Waals surface area contributed by atoms with E-state index in [4.69, 9.17) is 14.2 Å². The van der Waals surface area contributed by atoms with Gasteiger partial charge in [0.2, 0.25) is 0 Å². The first-order valence-corrected chi connectivity index (χ1v) is 11.2. The van der Waals surface area contributed by atoms with Crippen LogP contribution in [0.3, 0.4) is 0 Å². The average molecular weight is 488 g/mol. The fourth-order valence-corrected chi connectivity index (χ4v) is 3.56. The molecule has 36 heavy (non-hydrogen) atoms. The Morgan fingerprint density at radius 2 is 1.50 bits per heavy atom. The van der Waals surface area contributed by atoms with E-state index in [1.807, 2.05) is 48.5 Å². The van der Waals surface area contributed by atoms with Crippen LogP contribution in [-0.2, 0) is 33.9 Å². The average Bonchev–Trinajstić information content (AvgIpc) is 3.29. The van der Waals surface area contributed by atoms with Gasteiger partial charge in [0.25, 0.3) is 0 Å². The highest BCUT2D eigenvalue weighted by atomic mass is 16.7. The van der Waals surface area contributed by atoms with Crippen molar-refractivity contribution < 1.29 is 33.7 Å². The second-order valence-electron chi connectivity index (χ2n) is 7.95. The van der Waals surface area contributed by atoms with Crippen LogP contribution in [0, 0.1) is 0 Å². The Bertz CT molecular complexity index is 1340. The quantitative estimate of drug-likeness (QED) is 0.228. The van der Waals surface area contributed by atoms with Gasteiger partial charge in [-0.1, -0.05) is 60.7 Å². The Labute approximate surface area is 206 Å². The number of hydrogen-bond acceptors (Lipinski definition) is 6. The van der Waals surface area contributed by atoms with E-state index in [0.29, 0.717) is 16.5 Å². The van der Waals surface area contributed by atoms with Crippen molar-refractivity contribution in [3.8, 4) is 5.75 Å². The van der Waals surface area contributed by atoms with Gasteiger partial charge in [0.15, 0.2) is 0 Å². The minimum absolute atomic E-state index is 0.0162. The van der Waals surface area contributed by atoms with Gasteiger partial charge in [0.1, 0.15) is 25.0 Å². The van der Waals surface area contributed by atoms with Crippen molar-refractivity contribution in [2.75, 3.05) is 0 Å². The van der Waals surface area contributed by atoms with Crippen LogP contribution in [0.25, 0.3) is 10.9 Å². The van der Waals surface area contributed by atoms with Crippen LogP contribution in [0.5, 0.6) is 5.75 Å². The molecule has 1 aromatic heterocycles. The highest BCUT2D eigenvalue weighted by Crippen LogP contribution is 2.25. The third-order valence-corrected chi connectivity index (χ3v) is 5.37. The lowest BCUT2D eigenvalue weighted by molar-refractivity contribution is -0.139. The first-order valence-electron chi connectivity index (χ1n) is 11.2. The maximum atomic E-state index is 12.2. The van der Waals surface area contributed by atoms with Crippen molar-refractivity contribution in [2.24, 2.45) is 0 Å². The Morgan fingerprint density at radius 1 is 0.861 bits per heavy atom. The number of rotatable bonds is 9. The fourth-order valence-electron chi connectivity index (χ4n) is 3.56. The molecule has 1 atom stereocenters. The minimum Gasteiger partial charge on any atom is -0.480 e. The van der Waals surface area contributed by atoms with Crippen molar-refractivity contribution in [1.29, 1.82) is 0 Å². The van der Waals surface area contributed by atoms with Crippen LogP contribution < -0.4 is 10.1 Å². The van der Waals surface area contributed by atoms with E-state index in [-0.39, 0.29) is 25.4 Å². The zero-order valence-electron chi connectivity index (χ0n) is 19.2. The van der Waals surface area contributed by atoms with Crippen LogP contribution >= 0.6 is 0 Å². The van der Waals surface area contributed by atoms with E-state index in [0.717, 1.165) is 11.1 Å². The number of aromatic nitrogens is 1. The number of benzene rings is 3. The number of hydrogen-bond donors (Lipinski definition) is 3. The van der Waals surface area contributed by atoms with Crippen molar-refractivity contribution >= 4 is 29.1 Å². The summed E-state index contributed by atoms with van der Waals surface area (Å²) in [5.74, 6) is -0.971. The standard InChI is InChI=1S/C27H24N2O7/c30-25(31)24(29-26(32)34-16-18-7-3-1-4-8-18)13-20-15-28-23-12-11-21(14-22(20)23)36-27(33)35-17-19-9-5-2-6-10-19/h1-12,14-15,24,28H,13,16-17H2,(H,29,32)(H,30,31). The van der Waals surface area contributed by atoms with E-state index in [1.54, 1.807) is 36.5 Å². The number of H-pyrrole nitrogens is 1. The van der Waals surface area contributed by atoms with Crippen molar-refractivity contribution in [2.45, 2.75) is 25.7 Å². The molecule has 9 nitrogen and oxygen atoms in total. The molecule has 0 bridgehead atoms. The summed E-state index contributed by atoms with van der Waals surface area (Å²) < 4.78 is 15.6. The lowest BCUT2D eigenvalue weighted by atomic mass is 10.0. The molecule has 0 saturated heterocycles. The highest BCUT2D eigenvalue weighted by molar-refractivity contribution is 5.87. The zero-order chi connectivity index (χ0) is 25.3. The summed E-state index contributed by atoms with van der Waals surface area (Å²) >= 11 is 0. The maximum absolute atomic E-state index is 12.2. The second kappa shape index (κ2) is 11.6. The normalized spacial score (nSPS) is 11.4. The van der Waals surface area contributed by atoms with Gasteiger partial charge in [-0.25, -0.2) is 14.4 Å². The fraction of sp³-hybridized carbons (Fsp3) is 0.148. The molecule has 0 spiro atoms. The van der Waals surface area contributed by atoms with Crippen molar-refractivity contribution in [3.05, 3.63) is 102 Å². The van der Waals surface area contributed by atoms with E-state index >= 15 is 0 Å². The number of amides is 1. The molecular formula is C27H24N2O7. The predicted molar refractivity (Wildman–Crippen MR) is 130 cm³/mol. The summed E-state index contributed by atoms with van der Waals surface area (Å²) in [5, 5.41) is 12.7. The molecule has 1 heterocycles. The summed E-state index contributed by atoms with van der Waals surface area (Å²) in [6.45, 7) is 0.0941. The van der Waals surface area contributed by atoms with Gasteiger partial charge in [-0.2, -0.15) is 0 Å². The van der Waals surface area contributed by atoms with Gasteiger partial charge >= 0.3 is 18.2 Å². The number of nitrogens with one attached hydrogen (secondary N) is 2. The molecule has 0 aliphatic carbocycles. The van der Waals surface area contributed by atoms with Crippen LogP contribution in [0.2, 0.25) is 0 Å². The Balaban J connectivity index is 1.38. The number of carbonyl (C=O) groups excluding carboxylic acids is 2. The van der Waals surface area contributed by atoms with E-state index in [1.165, 1.54) is 0 Å². The summed E-state index contributed by atoms with van der Waals surface area (Å²) in [6, 6.07) is 22.0. The van der Waals surface area contributed by atoms with E-state index in [2.05, 4.69) is 10.3 Å². The molecule has 0 saturated carbocycles. The zero-order valence-corrected chi connectivity index (χ0v) is 19.2. The first-order chi connectivity index (χ1) is 17.5. The number of alkyl carbamates (subject to hydrolysis) is 1. The van der Waals surface area contributed by atoms with E-state index < -0.39 is 24.3 Å². The number of ether oxygens (including phenoxy) is 3. The van der Waals surface area contributed by atoms with Crippen LogP contribution in [-0.4, -0.2) is 34.4 Å². The Morgan fingerprint density at radius 3 is 2.14 bits per heavy atom. The molecule has 1 amide bonds. The molecule has 0 fully saturated rings. The third kappa shape index (κ3) is 6.63. The minimum atomic E-state index is -1.23. The van der Waals surface area contributed by atoms with Crippen LogP contribution in [0.4, 0.5) is 9.59 Å². The van der Waals surface area contributed by atoms with Gasteiger partial charge in [0, 0.05) is 23.5 Å². The molecule has 9 heteroatoms. The van der Waals surface area contributed by atoms with Gasteiger partial charge in [-0.05, 0) is 34.9 Å².